The molecule has 0 bridgehead atoms. The zero-order valence-corrected chi connectivity index (χ0v) is 17.8. The minimum absolute atomic E-state index is 0. The molecule has 4 rings (SSSR count). The van der Waals surface area contributed by atoms with E-state index in [1.54, 1.807) is 48.5 Å². The van der Waals surface area contributed by atoms with Crippen molar-refractivity contribution in [2.45, 2.75) is 4.90 Å². The van der Waals surface area contributed by atoms with Gasteiger partial charge < -0.3 is 6.53 Å². The van der Waals surface area contributed by atoms with E-state index in [0.29, 0.717) is 16.2 Å². The molecule has 2 N–H and O–H groups in total. The molecule has 4 aromatic rings. The first kappa shape index (κ1) is 20.4. The zero-order chi connectivity index (χ0) is 19.0. The summed E-state index contributed by atoms with van der Waals surface area (Å²) in [5, 5.41) is 20.8. The average Bonchev–Trinajstić information content (AvgIpc) is 2.66. The summed E-state index contributed by atoms with van der Waals surface area (Å²) in [6.45, 7) is 0. The van der Waals surface area contributed by atoms with Gasteiger partial charge in [-0.1, -0.05) is 60.7 Å². The monoisotopic (exact) mass is 402 g/mol. The van der Waals surface area contributed by atoms with Gasteiger partial charge in [-0.15, -0.1) is 10.2 Å². The van der Waals surface area contributed by atoms with E-state index in [4.69, 9.17) is 0 Å². The molecule has 8 heteroatoms. The molecule has 0 aliphatic heterocycles. The Labute approximate surface area is 185 Å². The van der Waals surface area contributed by atoms with Gasteiger partial charge in [-0.25, -0.2) is 0 Å². The topological polar surface area (TPSA) is 99.3 Å². The van der Waals surface area contributed by atoms with Crippen LogP contribution >= 0.6 is 0 Å². The summed E-state index contributed by atoms with van der Waals surface area (Å²) in [6.07, 6.45) is 0. The maximum absolute atomic E-state index is 12.0. The Morgan fingerprint density at radius 3 is 2.00 bits per heavy atom. The van der Waals surface area contributed by atoms with Crippen LogP contribution in [0.1, 0.15) is 1.43 Å². The van der Waals surface area contributed by atoms with Gasteiger partial charge in [0.1, 0.15) is 22.0 Å². The van der Waals surface area contributed by atoms with Crippen LogP contribution in [0.5, 0.6) is 5.75 Å². The SMILES string of the molecule is O=S(=O)(O)c1c(N=Nc2c(O)ccc3ccccc23)ccc2ccccc12.[H-].[Na+]. The number of phenols is 1. The summed E-state index contributed by atoms with van der Waals surface area (Å²) < 4.78 is 33.6. The van der Waals surface area contributed by atoms with Crippen LogP contribution in [0.25, 0.3) is 21.5 Å². The van der Waals surface area contributed by atoms with E-state index >= 15 is 0 Å². The van der Waals surface area contributed by atoms with Crippen molar-refractivity contribution >= 4 is 43.0 Å². The van der Waals surface area contributed by atoms with Gasteiger partial charge in [0.2, 0.25) is 0 Å². The number of aromatic hydroxyl groups is 1. The molecule has 6 nitrogen and oxygen atoms in total. The second-order valence-electron chi connectivity index (χ2n) is 5.96. The van der Waals surface area contributed by atoms with Gasteiger partial charge in [0, 0.05) is 10.8 Å². The summed E-state index contributed by atoms with van der Waals surface area (Å²) in [5.74, 6) is -0.0772. The van der Waals surface area contributed by atoms with Crippen LogP contribution in [0.4, 0.5) is 11.4 Å². The summed E-state index contributed by atoms with van der Waals surface area (Å²) in [4.78, 5) is -0.316. The number of azo groups is 1. The second kappa shape index (κ2) is 7.98. The van der Waals surface area contributed by atoms with E-state index in [1.807, 2.05) is 12.1 Å². The van der Waals surface area contributed by atoms with Gasteiger partial charge in [-0.3, -0.25) is 4.55 Å². The van der Waals surface area contributed by atoms with Crippen LogP contribution in [-0.2, 0) is 10.1 Å². The van der Waals surface area contributed by atoms with Crippen molar-refractivity contribution in [2.24, 2.45) is 10.2 Å². The Kier molecular flexibility index (Phi) is 5.83. The number of phenolic OH excluding ortho intramolecular Hbond substituents is 1. The van der Waals surface area contributed by atoms with E-state index in [9.17, 15) is 18.1 Å². The van der Waals surface area contributed by atoms with Gasteiger partial charge in [-0.2, -0.15) is 8.42 Å². The Morgan fingerprint density at radius 1 is 0.750 bits per heavy atom. The quantitative estimate of drug-likeness (QED) is 0.312. The molecular formula is C20H15N2NaO4S. The summed E-state index contributed by atoms with van der Waals surface area (Å²) in [6, 6.07) is 20.5. The van der Waals surface area contributed by atoms with Crippen molar-refractivity contribution < 1.29 is 49.1 Å². The van der Waals surface area contributed by atoms with Gasteiger partial charge in [0.05, 0.1) is 0 Å². The maximum atomic E-state index is 12.0. The Bertz CT molecular complexity index is 1330. The van der Waals surface area contributed by atoms with Crippen molar-refractivity contribution in [3.05, 3.63) is 72.8 Å². The first-order valence-electron chi connectivity index (χ1n) is 8.07. The molecule has 0 amide bonds. The van der Waals surface area contributed by atoms with Crippen LogP contribution in [-0.4, -0.2) is 18.1 Å². The van der Waals surface area contributed by atoms with Gasteiger partial charge in [0.25, 0.3) is 10.1 Å². The first-order chi connectivity index (χ1) is 12.9. The molecule has 0 fully saturated rings. The Balaban J connectivity index is 0.00000150. The second-order valence-corrected chi connectivity index (χ2v) is 7.32. The Morgan fingerprint density at radius 2 is 1.32 bits per heavy atom. The smallest absolute Gasteiger partial charge is 1.00 e. The molecule has 28 heavy (non-hydrogen) atoms. The van der Waals surface area contributed by atoms with Gasteiger partial charge in [-0.05, 0) is 22.9 Å². The molecule has 0 aliphatic rings. The number of fused-ring (bicyclic) bond motifs is 2. The van der Waals surface area contributed by atoms with Crippen LogP contribution in [0.2, 0.25) is 0 Å². The maximum Gasteiger partial charge on any atom is 1.00 e. The largest absolute Gasteiger partial charge is 1.00 e. The number of rotatable bonds is 3. The molecule has 0 unspecified atom stereocenters. The third kappa shape index (κ3) is 3.80. The standard InChI is InChI=1S/C20H14N2O4S.Na.H/c23-18-12-10-13-5-1-3-7-15(13)19(18)22-21-17-11-9-14-6-2-4-8-16(14)20(17)27(24,25)26;;/h1-12,23H,(H,24,25,26);;/q;+1;-1. The van der Waals surface area contributed by atoms with E-state index in [0.717, 1.165) is 5.39 Å². The molecule has 0 aliphatic carbocycles. The molecular weight excluding hydrogens is 387 g/mol. The van der Waals surface area contributed by atoms with Crippen LogP contribution in [0.15, 0.2) is 87.9 Å². The predicted molar refractivity (Wildman–Crippen MR) is 105 cm³/mol. The van der Waals surface area contributed by atoms with Crippen LogP contribution < -0.4 is 29.6 Å². The minimum Gasteiger partial charge on any atom is -1.00 e. The zero-order valence-electron chi connectivity index (χ0n) is 15.9. The molecule has 4 aromatic carbocycles. The molecule has 0 heterocycles. The molecule has 0 saturated carbocycles. The summed E-state index contributed by atoms with van der Waals surface area (Å²) >= 11 is 0. The first-order valence-corrected chi connectivity index (χ1v) is 9.51. The molecule has 0 spiro atoms. The van der Waals surface area contributed by atoms with E-state index in [2.05, 4.69) is 10.2 Å². The normalized spacial score (nSPS) is 11.8. The van der Waals surface area contributed by atoms with Crippen molar-refractivity contribution in [3.63, 3.8) is 0 Å². The van der Waals surface area contributed by atoms with Gasteiger partial charge >= 0.3 is 29.6 Å². The predicted octanol–water partition coefficient (Wildman–Crippen LogP) is 2.48. The van der Waals surface area contributed by atoms with E-state index < -0.39 is 10.1 Å². The van der Waals surface area contributed by atoms with Crippen molar-refractivity contribution in [1.29, 1.82) is 0 Å². The summed E-state index contributed by atoms with van der Waals surface area (Å²) in [5.41, 5.74) is 0.214. The number of hydrogen-bond donors (Lipinski definition) is 2. The average molecular weight is 402 g/mol. The fourth-order valence-electron chi connectivity index (χ4n) is 3.03. The third-order valence-corrected chi connectivity index (χ3v) is 5.20. The van der Waals surface area contributed by atoms with Crippen LogP contribution in [0.3, 0.4) is 0 Å². The molecule has 136 valence electrons. The van der Waals surface area contributed by atoms with Gasteiger partial charge in [0.15, 0.2) is 0 Å². The number of hydrogen-bond acceptors (Lipinski definition) is 5. The number of nitrogens with zero attached hydrogens (tertiary/aromatic N) is 2. The fourth-order valence-corrected chi connectivity index (χ4v) is 3.87. The van der Waals surface area contributed by atoms with Crippen molar-refractivity contribution in [1.82, 2.24) is 0 Å². The fraction of sp³-hybridized carbons (Fsp3) is 0. The number of benzene rings is 4. The van der Waals surface area contributed by atoms with Crippen molar-refractivity contribution in [2.75, 3.05) is 0 Å². The molecule has 0 saturated heterocycles. The van der Waals surface area contributed by atoms with E-state index in [1.165, 1.54) is 12.1 Å². The van der Waals surface area contributed by atoms with Crippen LogP contribution in [0, 0.1) is 0 Å². The third-order valence-electron chi connectivity index (χ3n) is 4.25. The van der Waals surface area contributed by atoms with Crippen molar-refractivity contribution in [3.8, 4) is 5.75 Å². The Hall–Kier alpha value is -2.29. The van der Waals surface area contributed by atoms with E-state index in [-0.39, 0.29) is 53.0 Å². The molecule has 0 aromatic heterocycles. The molecule has 0 atom stereocenters. The molecule has 0 radical (unpaired) electrons. The minimum atomic E-state index is -4.53. The summed E-state index contributed by atoms with van der Waals surface area (Å²) in [7, 11) is -4.53.